The van der Waals surface area contributed by atoms with Crippen molar-refractivity contribution < 1.29 is 0 Å². The predicted molar refractivity (Wildman–Crippen MR) is 216 cm³/mol. The molecule has 11 aromatic carbocycles. The third-order valence-corrected chi connectivity index (χ3v) is 11.0. The topological polar surface area (TPSA) is 0 Å². The summed E-state index contributed by atoms with van der Waals surface area (Å²) in [6.07, 6.45) is 0. The van der Waals surface area contributed by atoms with E-state index in [1.807, 2.05) is 0 Å². The summed E-state index contributed by atoms with van der Waals surface area (Å²) in [7, 11) is 0. The van der Waals surface area contributed by atoms with Crippen LogP contribution in [0.1, 0.15) is 0 Å². The van der Waals surface area contributed by atoms with Crippen molar-refractivity contribution in [3.63, 3.8) is 0 Å². The fourth-order valence-corrected chi connectivity index (χ4v) is 8.94. The second-order valence-electron chi connectivity index (χ2n) is 13.5. The summed E-state index contributed by atoms with van der Waals surface area (Å²) in [5.41, 5.74) is 7.61. The zero-order valence-electron chi connectivity index (χ0n) is 27.3. The lowest BCUT2D eigenvalue weighted by Crippen LogP contribution is -1.95. The van der Waals surface area contributed by atoms with E-state index < -0.39 is 0 Å². The molecule has 0 N–H and O–H groups in total. The molecular formula is C50H30. The van der Waals surface area contributed by atoms with Crippen LogP contribution in [0.4, 0.5) is 0 Å². The summed E-state index contributed by atoms with van der Waals surface area (Å²) in [6.45, 7) is 0. The van der Waals surface area contributed by atoms with Gasteiger partial charge in [0, 0.05) is 0 Å². The molecule has 0 unspecified atom stereocenters. The molecule has 0 heteroatoms. The molecule has 0 bridgehead atoms. The van der Waals surface area contributed by atoms with Gasteiger partial charge in [-0.3, -0.25) is 0 Å². The van der Waals surface area contributed by atoms with E-state index in [1.54, 1.807) is 0 Å². The molecule has 0 saturated carbocycles. The lowest BCUT2D eigenvalue weighted by atomic mass is 9.79. The van der Waals surface area contributed by atoms with Crippen LogP contribution in [0.3, 0.4) is 0 Å². The third kappa shape index (κ3) is 3.76. The Morgan fingerprint density at radius 3 is 1.36 bits per heavy atom. The molecule has 0 aliphatic heterocycles. The van der Waals surface area contributed by atoms with Gasteiger partial charge in [0.15, 0.2) is 0 Å². The fourth-order valence-electron chi connectivity index (χ4n) is 8.94. The number of hydrogen-bond donors (Lipinski definition) is 0. The average molecular weight is 631 g/mol. The molecular weight excluding hydrogens is 601 g/mol. The maximum absolute atomic E-state index is 2.37. The molecule has 0 spiro atoms. The zero-order valence-corrected chi connectivity index (χ0v) is 27.3. The maximum atomic E-state index is 2.37. The van der Waals surface area contributed by atoms with Gasteiger partial charge in [-0.05, 0) is 115 Å². The number of fused-ring (bicyclic) bond motifs is 7. The SMILES string of the molecule is c1ccc(-c2ccccc2-c2c3ccccc3c3c4c2cccc4c2cccc4c(-c5ccc6ccccc6c5)c5ccccc5c3c42)cc1. The minimum atomic E-state index is 1.23. The molecule has 11 rings (SSSR count). The van der Waals surface area contributed by atoms with Crippen molar-refractivity contribution >= 4 is 75.4 Å². The molecule has 50 heavy (non-hydrogen) atoms. The van der Waals surface area contributed by atoms with Gasteiger partial charge in [0.2, 0.25) is 0 Å². The fraction of sp³-hybridized carbons (Fsp3) is 0. The molecule has 0 saturated heterocycles. The molecule has 0 atom stereocenters. The van der Waals surface area contributed by atoms with Crippen LogP contribution < -0.4 is 0 Å². The van der Waals surface area contributed by atoms with Crippen LogP contribution in [-0.2, 0) is 0 Å². The second-order valence-corrected chi connectivity index (χ2v) is 13.5. The Balaban J connectivity index is 1.37. The lowest BCUT2D eigenvalue weighted by molar-refractivity contribution is 1.61. The summed E-state index contributed by atoms with van der Waals surface area (Å²) < 4.78 is 0. The Morgan fingerprint density at radius 1 is 0.220 bits per heavy atom. The highest BCUT2D eigenvalue weighted by atomic mass is 14.3. The molecule has 0 heterocycles. The molecule has 0 radical (unpaired) electrons. The van der Waals surface area contributed by atoms with Crippen LogP contribution >= 0.6 is 0 Å². The Kier molecular flexibility index (Phi) is 5.76. The number of benzene rings is 11. The summed E-state index contributed by atoms with van der Waals surface area (Å²) in [5.74, 6) is 0. The van der Waals surface area contributed by atoms with Crippen LogP contribution in [0, 0.1) is 0 Å². The first-order valence-corrected chi connectivity index (χ1v) is 17.4. The van der Waals surface area contributed by atoms with E-state index in [1.165, 1.54) is 109 Å². The minimum Gasteiger partial charge on any atom is -0.0622 e. The predicted octanol–water partition coefficient (Wildman–Crippen LogP) is 14.2. The van der Waals surface area contributed by atoms with E-state index in [2.05, 4.69) is 182 Å². The number of rotatable bonds is 3. The van der Waals surface area contributed by atoms with Gasteiger partial charge in [0.25, 0.3) is 0 Å². The largest absolute Gasteiger partial charge is 0.0622 e. The van der Waals surface area contributed by atoms with Gasteiger partial charge in [-0.15, -0.1) is 0 Å². The molecule has 0 fully saturated rings. The van der Waals surface area contributed by atoms with Crippen LogP contribution in [0.5, 0.6) is 0 Å². The molecule has 0 nitrogen and oxygen atoms in total. The Labute approximate surface area is 289 Å². The molecule has 0 aromatic heterocycles. The van der Waals surface area contributed by atoms with Crippen molar-refractivity contribution in [2.45, 2.75) is 0 Å². The number of hydrogen-bond acceptors (Lipinski definition) is 0. The van der Waals surface area contributed by atoms with Crippen molar-refractivity contribution in [3.8, 4) is 33.4 Å². The second kappa shape index (κ2) is 10.5. The highest BCUT2D eigenvalue weighted by molar-refractivity contribution is 6.45. The third-order valence-electron chi connectivity index (χ3n) is 11.0. The van der Waals surface area contributed by atoms with Crippen LogP contribution in [0.15, 0.2) is 182 Å². The Bertz CT molecular complexity index is 3130. The highest BCUT2D eigenvalue weighted by Crippen LogP contribution is 2.52. The summed E-state index contributed by atoms with van der Waals surface area (Å²) in [6, 6.07) is 67.4. The summed E-state index contributed by atoms with van der Waals surface area (Å²) in [5, 5.41) is 18.3. The summed E-state index contributed by atoms with van der Waals surface area (Å²) >= 11 is 0. The Hall–Kier alpha value is -6.50. The van der Waals surface area contributed by atoms with Crippen LogP contribution in [0.2, 0.25) is 0 Å². The van der Waals surface area contributed by atoms with Crippen LogP contribution in [0.25, 0.3) is 109 Å². The monoisotopic (exact) mass is 630 g/mol. The highest BCUT2D eigenvalue weighted by Gasteiger charge is 2.24. The van der Waals surface area contributed by atoms with Gasteiger partial charge < -0.3 is 0 Å². The first-order chi connectivity index (χ1) is 24.8. The van der Waals surface area contributed by atoms with E-state index in [4.69, 9.17) is 0 Å². The lowest BCUT2D eigenvalue weighted by Gasteiger charge is -2.23. The molecule has 0 amide bonds. The van der Waals surface area contributed by atoms with E-state index >= 15 is 0 Å². The first kappa shape index (κ1) is 27.5. The van der Waals surface area contributed by atoms with Crippen molar-refractivity contribution in [1.29, 1.82) is 0 Å². The molecule has 0 aliphatic rings. The van der Waals surface area contributed by atoms with E-state index in [0.717, 1.165) is 0 Å². The standard InChI is InChI=1S/C50H30/c1-2-15-32(16-3-1)35-18-6-7-19-36(35)46-38-21-9-11-23-42(38)50-48-40(25-13-27-44(46)48)39-24-12-26-43-45(34-29-28-31-14-4-5-17-33(31)30-34)37-20-8-10-22-41(37)49(50)47(39)43/h1-30H. The smallest absolute Gasteiger partial charge is 0.000740 e. The normalized spacial score (nSPS) is 12.0. The van der Waals surface area contributed by atoms with Gasteiger partial charge in [0.05, 0.1) is 0 Å². The van der Waals surface area contributed by atoms with E-state index in [9.17, 15) is 0 Å². The molecule has 11 aromatic rings. The van der Waals surface area contributed by atoms with Gasteiger partial charge in [-0.1, -0.05) is 176 Å². The zero-order chi connectivity index (χ0) is 32.8. The minimum absolute atomic E-state index is 1.23. The van der Waals surface area contributed by atoms with Gasteiger partial charge in [-0.2, -0.15) is 0 Å². The maximum Gasteiger partial charge on any atom is -0.000740 e. The Morgan fingerprint density at radius 2 is 0.680 bits per heavy atom. The summed E-state index contributed by atoms with van der Waals surface area (Å²) in [4.78, 5) is 0. The van der Waals surface area contributed by atoms with E-state index in [-0.39, 0.29) is 0 Å². The quantitative estimate of drug-likeness (QED) is 0.135. The van der Waals surface area contributed by atoms with Crippen molar-refractivity contribution in [2.24, 2.45) is 0 Å². The van der Waals surface area contributed by atoms with Crippen molar-refractivity contribution in [3.05, 3.63) is 182 Å². The van der Waals surface area contributed by atoms with Crippen molar-refractivity contribution in [1.82, 2.24) is 0 Å². The van der Waals surface area contributed by atoms with Gasteiger partial charge in [0.1, 0.15) is 0 Å². The first-order valence-electron chi connectivity index (χ1n) is 17.4. The van der Waals surface area contributed by atoms with Crippen molar-refractivity contribution in [2.75, 3.05) is 0 Å². The molecule has 230 valence electrons. The average Bonchev–Trinajstić information content (AvgIpc) is 3.19. The molecule has 0 aliphatic carbocycles. The van der Waals surface area contributed by atoms with E-state index in [0.29, 0.717) is 0 Å². The van der Waals surface area contributed by atoms with Gasteiger partial charge in [-0.25, -0.2) is 0 Å². The van der Waals surface area contributed by atoms with Gasteiger partial charge >= 0.3 is 0 Å². The van der Waals surface area contributed by atoms with Crippen LogP contribution in [-0.4, -0.2) is 0 Å².